The van der Waals surface area contributed by atoms with E-state index in [2.05, 4.69) is 9.97 Å². The van der Waals surface area contributed by atoms with E-state index in [-0.39, 0.29) is 5.56 Å². The van der Waals surface area contributed by atoms with Crippen LogP contribution in [-0.2, 0) is 0 Å². The number of carboxylic acid groups (broad SMARTS) is 1. The van der Waals surface area contributed by atoms with Crippen molar-refractivity contribution in [1.29, 1.82) is 0 Å². The monoisotopic (exact) mass is 282 g/mol. The zero-order chi connectivity index (χ0) is 13.9. The van der Waals surface area contributed by atoms with Crippen LogP contribution in [0.1, 0.15) is 10.4 Å². The Morgan fingerprint density at radius 1 is 1.05 bits per heavy atom. The molecular formula is C15H10N2O2S. The summed E-state index contributed by atoms with van der Waals surface area (Å²) < 4.78 is 0. The molecule has 0 aliphatic rings. The number of fused-ring (bicyclic) bond motifs is 1. The number of benzene rings is 1. The maximum atomic E-state index is 11.4. The minimum Gasteiger partial charge on any atom is -0.478 e. The van der Waals surface area contributed by atoms with Gasteiger partial charge in [0.05, 0.1) is 11.1 Å². The highest BCUT2D eigenvalue weighted by atomic mass is 32.2. The third-order valence-electron chi connectivity index (χ3n) is 2.77. The number of hydrogen-bond acceptors (Lipinski definition) is 4. The lowest BCUT2D eigenvalue weighted by Gasteiger charge is -2.06. The Bertz CT molecular complexity index is 775. The summed E-state index contributed by atoms with van der Waals surface area (Å²) in [7, 11) is 0. The van der Waals surface area contributed by atoms with Gasteiger partial charge in [0.2, 0.25) is 0 Å². The van der Waals surface area contributed by atoms with Crippen LogP contribution in [0.3, 0.4) is 0 Å². The van der Waals surface area contributed by atoms with Crippen molar-refractivity contribution in [1.82, 2.24) is 9.97 Å². The van der Waals surface area contributed by atoms with Gasteiger partial charge >= 0.3 is 5.97 Å². The Morgan fingerprint density at radius 3 is 2.60 bits per heavy atom. The molecule has 1 N–H and O–H groups in total. The molecule has 2 heterocycles. The highest BCUT2D eigenvalue weighted by molar-refractivity contribution is 7.99. The molecule has 3 aromatic rings. The number of para-hydroxylation sites is 1. The fourth-order valence-electron chi connectivity index (χ4n) is 1.89. The van der Waals surface area contributed by atoms with Crippen molar-refractivity contribution in [2.24, 2.45) is 0 Å². The van der Waals surface area contributed by atoms with Gasteiger partial charge in [0.25, 0.3) is 0 Å². The Balaban J connectivity index is 2.10. The van der Waals surface area contributed by atoms with Crippen molar-refractivity contribution in [2.45, 2.75) is 10.1 Å². The zero-order valence-corrected chi connectivity index (χ0v) is 11.2. The van der Waals surface area contributed by atoms with Gasteiger partial charge in [-0.2, -0.15) is 0 Å². The van der Waals surface area contributed by atoms with Crippen LogP contribution in [0.15, 0.2) is 64.8 Å². The van der Waals surface area contributed by atoms with Gasteiger partial charge in [-0.05, 0) is 24.3 Å². The van der Waals surface area contributed by atoms with Crippen LogP contribution >= 0.6 is 11.8 Å². The van der Waals surface area contributed by atoms with E-state index in [0.29, 0.717) is 15.9 Å². The smallest absolute Gasteiger partial charge is 0.336 e. The SMILES string of the molecule is O=C(O)c1cc(Sc2ccccn2)nc2ccccc12. The van der Waals surface area contributed by atoms with Gasteiger partial charge in [0.15, 0.2) is 0 Å². The van der Waals surface area contributed by atoms with Crippen LogP contribution in [0.2, 0.25) is 0 Å². The van der Waals surface area contributed by atoms with Gasteiger partial charge in [-0.15, -0.1) is 0 Å². The largest absolute Gasteiger partial charge is 0.478 e. The minimum atomic E-state index is -0.952. The van der Waals surface area contributed by atoms with E-state index in [1.807, 2.05) is 36.4 Å². The van der Waals surface area contributed by atoms with E-state index in [1.165, 1.54) is 11.8 Å². The van der Waals surface area contributed by atoms with Gasteiger partial charge in [-0.25, -0.2) is 14.8 Å². The van der Waals surface area contributed by atoms with Crippen molar-refractivity contribution < 1.29 is 9.90 Å². The van der Waals surface area contributed by atoms with Gasteiger partial charge in [-0.3, -0.25) is 0 Å². The summed E-state index contributed by atoms with van der Waals surface area (Å²) in [6.45, 7) is 0. The predicted octanol–water partition coefficient (Wildman–Crippen LogP) is 3.48. The lowest BCUT2D eigenvalue weighted by molar-refractivity contribution is 0.0698. The highest BCUT2D eigenvalue weighted by Crippen LogP contribution is 2.28. The number of rotatable bonds is 3. The molecule has 0 aliphatic heterocycles. The molecule has 2 aromatic heterocycles. The molecule has 0 bridgehead atoms. The molecule has 0 saturated carbocycles. The molecule has 0 saturated heterocycles. The molecule has 98 valence electrons. The van der Waals surface area contributed by atoms with Crippen molar-refractivity contribution >= 4 is 28.6 Å². The maximum absolute atomic E-state index is 11.4. The highest BCUT2D eigenvalue weighted by Gasteiger charge is 2.12. The number of aromatic carboxylic acids is 1. The fourth-order valence-corrected chi connectivity index (χ4v) is 2.69. The van der Waals surface area contributed by atoms with Crippen molar-refractivity contribution in [3.63, 3.8) is 0 Å². The van der Waals surface area contributed by atoms with Crippen molar-refractivity contribution in [3.8, 4) is 0 Å². The third-order valence-corrected chi connectivity index (χ3v) is 3.64. The van der Waals surface area contributed by atoms with Crippen LogP contribution in [0, 0.1) is 0 Å². The van der Waals surface area contributed by atoms with Gasteiger partial charge < -0.3 is 5.11 Å². The van der Waals surface area contributed by atoms with Crippen LogP contribution in [0.5, 0.6) is 0 Å². The Labute approximate surface area is 119 Å². The predicted molar refractivity (Wildman–Crippen MR) is 77.1 cm³/mol. The zero-order valence-electron chi connectivity index (χ0n) is 10.4. The summed E-state index contributed by atoms with van der Waals surface area (Å²) in [5.74, 6) is -0.952. The number of aromatic nitrogens is 2. The second kappa shape index (κ2) is 5.30. The van der Waals surface area contributed by atoms with E-state index < -0.39 is 5.97 Å². The Kier molecular flexibility index (Phi) is 3.35. The Morgan fingerprint density at radius 2 is 1.85 bits per heavy atom. The summed E-state index contributed by atoms with van der Waals surface area (Å²) in [6.07, 6.45) is 1.70. The molecule has 0 fully saturated rings. The van der Waals surface area contributed by atoms with Crippen LogP contribution < -0.4 is 0 Å². The van der Waals surface area contributed by atoms with Gasteiger partial charge in [0.1, 0.15) is 10.1 Å². The number of carbonyl (C=O) groups is 1. The summed E-state index contributed by atoms with van der Waals surface area (Å²) in [6, 6.07) is 14.4. The summed E-state index contributed by atoms with van der Waals surface area (Å²) in [5, 5.41) is 11.4. The second-order valence-electron chi connectivity index (χ2n) is 4.10. The first kappa shape index (κ1) is 12.6. The molecule has 0 radical (unpaired) electrons. The van der Waals surface area contributed by atoms with E-state index >= 15 is 0 Å². The first-order valence-corrected chi connectivity index (χ1v) is 6.77. The van der Waals surface area contributed by atoms with Crippen LogP contribution in [0.25, 0.3) is 10.9 Å². The van der Waals surface area contributed by atoms with Gasteiger partial charge in [0, 0.05) is 11.6 Å². The van der Waals surface area contributed by atoms with Crippen LogP contribution in [0.4, 0.5) is 0 Å². The lowest BCUT2D eigenvalue weighted by atomic mass is 10.1. The molecular weight excluding hydrogens is 272 g/mol. The molecule has 5 heteroatoms. The van der Waals surface area contributed by atoms with E-state index in [1.54, 1.807) is 18.3 Å². The van der Waals surface area contributed by atoms with E-state index in [0.717, 1.165) is 5.03 Å². The fraction of sp³-hybridized carbons (Fsp3) is 0. The standard InChI is InChI=1S/C15H10N2O2S/c18-15(19)11-9-14(20-13-7-3-4-8-16-13)17-12-6-2-1-5-10(11)12/h1-9H,(H,18,19). The van der Waals surface area contributed by atoms with Crippen molar-refractivity contribution in [2.75, 3.05) is 0 Å². The lowest BCUT2D eigenvalue weighted by Crippen LogP contribution is -1.99. The number of pyridine rings is 2. The normalized spacial score (nSPS) is 10.6. The first-order chi connectivity index (χ1) is 9.74. The molecule has 1 aromatic carbocycles. The maximum Gasteiger partial charge on any atom is 0.336 e. The summed E-state index contributed by atoms with van der Waals surface area (Å²) >= 11 is 1.35. The average Bonchev–Trinajstić information content (AvgIpc) is 2.47. The topological polar surface area (TPSA) is 63.1 Å². The minimum absolute atomic E-state index is 0.258. The molecule has 0 unspecified atom stereocenters. The molecule has 0 spiro atoms. The van der Waals surface area contributed by atoms with Crippen molar-refractivity contribution in [3.05, 3.63) is 60.3 Å². The van der Waals surface area contributed by atoms with E-state index in [9.17, 15) is 9.90 Å². The van der Waals surface area contributed by atoms with Crippen LogP contribution in [-0.4, -0.2) is 21.0 Å². The summed E-state index contributed by atoms with van der Waals surface area (Å²) in [4.78, 5) is 20.0. The third kappa shape index (κ3) is 2.48. The molecule has 4 nitrogen and oxygen atoms in total. The molecule has 0 aliphatic carbocycles. The second-order valence-corrected chi connectivity index (χ2v) is 5.14. The number of hydrogen-bond donors (Lipinski definition) is 1. The molecule has 0 amide bonds. The van der Waals surface area contributed by atoms with Gasteiger partial charge in [-0.1, -0.05) is 36.0 Å². The average molecular weight is 282 g/mol. The summed E-state index contributed by atoms with van der Waals surface area (Å²) in [5.41, 5.74) is 0.930. The number of nitrogens with zero attached hydrogens (tertiary/aromatic N) is 2. The van der Waals surface area contributed by atoms with E-state index in [4.69, 9.17) is 0 Å². The first-order valence-electron chi connectivity index (χ1n) is 5.96. The molecule has 20 heavy (non-hydrogen) atoms. The molecule has 3 rings (SSSR count). The Hall–Kier alpha value is -2.40. The molecule has 0 atom stereocenters. The quantitative estimate of drug-likeness (QED) is 0.796. The number of carboxylic acids is 1.